The van der Waals surface area contributed by atoms with Crippen LogP contribution in [0.2, 0.25) is 0 Å². The molecule has 3 N–H and O–H groups in total. The number of nitriles is 1. The van der Waals surface area contributed by atoms with Gasteiger partial charge in [-0.25, -0.2) is 19.4 Å². The zero-order valence-corrected chi connectivity index (χ0v) is 23.3. The number of anilines is 1. The third-order valence-corrected chi connectivity index (χ3v) is 6.85. The molecule has 5 rings (SSSR count). The monoisotopic (exact) mass is 552 g/mol. The molecule has 210 valence electrons. The number of rotatable bonds is 5. The molecule has 41 heavy (non-hydrogen) atoms. The molecule has 2 aromatic carbocycles. The van der Waals surface area contributed by atoms with Crippen molar-refractivity contribution in [3.8, 4) is 17.3 Å². The molecule has 2 amide bonds. The van der Waals surface area contributed by atoms with E-state index in [1.165, 1.54) is 6.33 Å². The molecule has 11 nitrogen and oxygen atoms in total. The number of ether oxygens (including phenoxy) is 1. The van der Waals surface area contributed by atoms with Crippen LogP contribution in [0.5, 0.6) is 0 Å². The quantitative estimate of drug-likeness (QED) is 0.368. The van der Waals surface area contributed by atoms with Crippen molar-refractivity contribution in [2.75, 3.05) is 18.8 Å². The first-order valence-corrected chi connectivity index (χ1v) is 13.5. The van der Waals surface area contributed by atoms with E-state index in [0.717, 1.165) is 18.4 Å². The van der Waals surface area contributed by atoms with Crippen molar-refractivity contribution in [2.24, 2.45) is 0 Å². The van der Waals surface area contributed by atoms with Crippen molar-refractivity contribution in [1.82, 2.24) is 30.0 Å². The van der Waals surface area contributed by atoms with Gasteiger partial charge in [0.15, 0.2) is 5.65 Å². The summed E-state index contributed by atoms with van der Waals surface area (Å²) in [4.78, 5) is 36.2. The average Bonchev–Trinajstić information content (AvgIpc) is 3.36. The summed E-state index contributed by atoms with van der Waals surface area (Å²) in [6, 6.07) is 16.2. The molecule has 1 fully saturated rings. The summed E-state index contributed by atoms with van der Waals surface area (Å²) in [5.41, 5.74) is 9.48. The number of carbonyl (C=O) groups excluding carboxylic acids is 2. The van der Waals surface area contributed by atoms with Crippen molar-refractivity contribution in [2.45, 2.75) is 51.8 Å². The van der Waals surface area contributed by atoms with Gasteiger partial charge in [0.2, 0.25) is 0 Å². The third-order valence-electron chi connectivity index (χ3n) is 6.85. The lowest BCUT2D eigenvalue weighted by Gasteiger charge is -2.34. The highest BCUT2D eigenvalue weighted by atomic mass is 16.6. The lowest BCUT2D eigenvalue weighted by molar-refractivity contribution is 0.0169. The first kappa shape index (κ1) is 27.6. The summed E-state index contributed by atoms with van der Waals surface area (Å²) >= 11 is 0. The average molecular weight is 553 g/mol. The molecule has 1 aliphatic rings. The maximum atomic E-state index is 13.0. The van der Waals surface area contributed by atoms with Crippen molar-refractivity contribution in [1.29, 1.82) is 5.26 Å². The van der Waals surface area contributed by atoms with Gasteiger partial charge in [-0.3, -0.25) is 4.79 Å². The normalized spacial score (nSPS) is 15.4. The van der Waals surface area contributed by atoms with E-state index in [1.807, 2.05) is 43.7 Å². The van der Waals surface area contributed by atoms with E-state index in [-0.39, 0.29) is 23.9 Å². The van der Waals surface area contributed by atoms with E-state index in [1.54, 1.807) is 35.2 Å². The zero-order valence-electron chi connectivity index (χ0n) is 23.3. The lowest BCUT2D eigenvalue weighted by Crippen LogP contribution is -2.43. The van der Waals surface area contributed by atoms with Crippen LogP contribution in [0.25, 0.3) is 22.3 Å². The number of hydrogen-bond acceptors (Lipinski definition) is 8. The van der Waals surface area contributed by atoms with Gasteiger partial charge in [0.1, 0.15) is 23.4 Å². The number of benzene rings is 2. The number of likely N-dealkylation sites (tertiary alicyclic amines) is 1. The van der Waals surface area contributed by atoms with Gasteiger partial charge in [0.05, 0.1) is 23.1 Å². The Bertz CT molecular complexity index is 1630. The van der Waals surface area contributed by atoms with Crippen LogP contribution >= 0.6 is 0 Å². The van der Waals surface area contributed by atoms with Crippen LogP contribution in [0.1, 0.15) is 61.1 Å². The molecule has 0 bridgehead atoms. The van der Waals surface area contributed by atoms with Crippen LogP contribution in [0, 0.1) is 11.3 Å². The topological polar surface area (TPSA) is 152 Å². The Morgan fingerprint density at radius 1 is 1.17 bits per heavy atom. The van der Waals surface area contributed by atoms with E-state index in [9.17, 15) is 9.59 Å². The number of nitrogen functional groups attached to an aromatic ring is 1. The smallest absolute Gasteiger partial charge is 0.410 e. The summed E-state index contributed by atoms with van der Waals surface area (Å²) in [6.07, 6.45) is 2.64. The van der Waals surface area contributed by atoms with Crippen LogP contribution in [-0.2, 0) is 11.3 Å². The van der Waals surface area contributed by atoms with E-state index < -0.39 is 5.60 Å². The Hall–Kier alpha value is -4.98. The van der Waals surface area contributed by atoms with Crippen LogP contribution in [0.4, 0.5) is 10.6 Å². The summed E-state index contributed by atoms with van der Waals surface area (Å²) in [5, 5.41) is 17.4. The second-order valence-corrected chi connectivity index (χ2v) is 11.0. The first-order valence-electron chi connectivity index (χ1n) is 13.5. The summed E-state index contributed by atoms with van der Waals surface area (Å²) in [6.45, 7) is 6.90. The Morgan fingerprint density at radius 3 is 2.68 bits per heavy atom. The minimum Gasteiger partial charge on any atom is -0.444 e. The highest BCUT2D eigenvalue weighted by Gasteiger charge is 2.31. The largest absolute Gasteiger partial charge is 0.444 e. The fourth-order valence-corrected chi connectivity index (χ4v) is 4.89. The maximum Gasteiger partial charge on any atom is 0.410 e. The number of aromatic nitrogens is 4. The van der Waals surface area contributed by atoms with E-state index in [0.29, 0.717) is 53.1 Å². The van der Waals surface area contributed by atoms with Gasteiger partial charge in [0.25, 0.3) is 5.91 Å². The van der Waals surface area contributed by atoms with Crippen molar-refractivity contribution >= 4 is 28.9 Å². The van der Waals surface area contributed by atoms with Crippen LogP contribution in [0.3, 0.4) is 0 Å². The van der Waals surface area contributed by atoms with Gasteiger partial charge in [-0.1, -0.05) is 24.3 Å². The molecule has 1 saturated heterocycles. The highest BCUT2D eigenvalue weighted by molar-refractivity contribution is 6.00. The molecule has 1 aliphatic heterocycles. The standard InChI is InChI=1S/C30H32N8O3/c1-30(2,3)41-29(40)37-13-5-8-23(17-37)38-27-24(26(32)34-18-35-27)25(36-38)21-6-4-7-22(14-21)28(39)33-16-20-11-9-19(15-31)10-12-20/h4,6-7,9-12,14,18,23H,5,8,13,16-17H2,1-3H3,(H,33,39)(H2,32,34,35)/t23-/m1/s1. The van der Waals surface area contributed by atoms with Crippen molar-refractivity contribution in [3.63, 3.8) is 0 Å². The molecule has 2 aromatic heterocycles. The van der Waals surface area contributed by atoms with E-state index in [2.05, 4.69) is 21.4 Å². The van der Waals surface area contributed by atoms with E-state index in [4.69, 9.17) is 20.8 Å². The van der Waals surface area contributed by atoms with Gasteiger partial charge in [-0.05, 0) is 63.4 Å². The molecule has 0 aliphatic carbocycles. The Kier molecular flexibility index (Phi) is 7.57. The SMILES string of the molecule is CC(C)(C)OC(=O)N1CCC[C@@H](n2nc(-c3cccc(C(=O)NCc4ccc(C#N)cc4)c3)c3c(N)ncnc32)C1. The molecule has 0 spiro atoms. The third kappa shape index (κ3) is 6.11. The molecule has 1 atom stereocenters. The fraction of sp³-hybridized carbons (Fsp3) is 0.333. The number of nitrogens with zero attached hydrogens (tertiary/aromatic N) is 6. The second kappa shape index (κ2) is 11.3. The maximum absolute atomic E-state index is 13.0. The predicted octanol–water partition coefficient (Wildman–Crippen LogP) is 4.45. The van der Waals surface area contributed by atoms with Crippen LogP contribution in [0.15, 0.2) is 54.9 Å². The number of piperidine rings is 1. The van der Waals surface area contributed by atoms with Gasteiger partial charge in [0, 0.05) is 30.8 Å². The van der Waals surface area contributed by atoms with E-state index >= 15 is 0 Å². The zero-order chi connectivity index (χ0) is 29.1. The minimum absolute atomic E-state index is 0.138. The summed E-state index contributed by atoms with van der Waals surface area (Å²) in [5.74, 6) is 0.0381. The summed E-state index contributed by atoms with van der Waals surface area (Å²) < 4.78 is 7.41. The van der Waals surface area contributed by atoms with Crippen molar-refractivity contribution < 1.29 is 14.3 Å². The molecule has 0 unspecified atom stereocenters. The molecule has 3 heterocycles. The first-order chi connectivity index (χ1) is 19.6. The molecular formula is C30H32N8O3. The van der Waals surface area contributed by atoms with Gasteiger partial charge in [-0.15, -0.1) is 0 Å². The number of nitrogens with one attached hydrogen (secondary N) is 1. The highest BCUT2D eigenvalue weighted by Crippen LogP contribution is 2.34. The minimum atomic E-state index is -0.587. The Balaban J connectivity index is 1.41. The van der Waals surface area contributed by atoms with Gasteiger partial charge < -0.3 is 20.7 Å². The Labute approximate surface area is 237 Å². The number of amides is 2. The van der Waals surface area contributed by atoms with Crippen LogP contribution in [-0.4, -0.2) is 55.3 Å². The molecule has 0 radical (unpaired) electrons. The predicted molar refractivity (Wildman–Crippen MR) is 154 cm³/mol. The number of nitrogens with two attached hydrogens (primary N) is 1. The molecule has 4 aromatic rings. The molecular weight excluding hydrogens is 520 g/mol. The van der Waals surface area contributed by atoms with Gasteiger partial charge in [-0.2, -0.15) is 10.4 Å². The molecule has 0 saturated carbocycles. The second-order valence-electron chi connectivity index (χ2n) is 11.0. The van der Waals surface area contributed by atoms with Crippen molar-refractivity contribution in [3.05, 3.63) is 71.5 Å². The Morgan fingerprint density at radius 2 is 1.95 bits per heavy atom. The summed E-state index contributed by atoms with van der Waals surface area (Å²) in [7, 11) is 0. The number of carbonyl (C=O) groups is 2. The molecule has 11 heteroatoms. The fourth-order valence-electron chi connectivity index (χ4n) is 4.89. The van der Waals surface area contributed by atoms with Gasteiger partial charge >= 0.3 is 6.09 Å². The number of fused-ring (bicyclic) bond motifs is 1. The number of hydrogen-bond donors (Lipinski definition) is 2. The van der Waals surface area contributed by atoms with Crippen LogP contribution < -0.4 is 11.1 Å². The lowest BCUT2D eigenvalue weighted by atomic mass is 10.1.